The Labute approximate surface area is 137 Å². The zero-order valence-corrected chi connectivity index (χ0v) is 13.9. The van der Waals surface area contributed by atoms with Crippen LogP contribution in [0.1, 0.15) is 36.7 Å². The molecule has 23 heavy (non-hydrogen) atoms. The molecule has 1 aromatic rings. The van der Waals surface area contributed by atoms with Crippen molar-refractivity contribution in [3.05, 3.63) is 18.1 Å². The van der Waals surface area contributed by atoms with Crippen LogP contribution in [0.15, 0.2) is 12.4 Å². The van der Waals surface area contributed by atoms with Crippen molar-refractivity contribution < 1.29 is 9.53 Å². The van der Waals surface area contributed by atoms with Gasteiger partial charge in [-0.05, 0) is 6.42 Å². The fourth-order valence-corrected chi connectivity index (χ4v) is 2.37. The number of amides is 1. The maximum absolute atomic E-state index is 11.9. The second-order valence-electron chi connectivity index (χ2n) is 5.63. The van der Waals surface area contributed by atoms with Crippen LogP contribution in [-0.4, -0.2) is 66.7 Å². The van der Waals surface area contributed by atoms with E-state index in [-0.39, 0.29) is 5.91 Å². The van der Waals surface area contributed by atoms with Crippen LogP contribution in [0.25, 0.3) is 0 Å². The molecule has 1 aromatic heterocycles. The summed E-state index contributed by atoms with van der Waals surface area (Å²) in [7, 11) is 0. The highest BCUT2D eigenvalue weighted by atomic mass is 16.5. The van der Waals surface area contributed by atoms with Gasteiger partial charge in [-0.1, -0.05) is 19.8 Å². The Hall–Kier alpha value is -1.73. The molecule has 0 atom stereocenters. The predicted molar refractivity (Wildman–Crippen MR) is 89.6 cm³/mol. The van der Waals surface area contributed by atoms with Gasteiger partial charge in [0, 0.05) is 32.7 Å². The Morgan fingerprint density at radius 2 is 2.04 bits per heavy atom. The van der Waals surface area contributed by atoms with E-state index < -0.39 is 0 Å². The van der Waals surface area contributed by atoms with Gasteiger partial charge in [0.25, 0.3) is 5.91 Å². The van der Waals surface area contributed by atoms with E-state index >= 15 is 0 Å². The Morgan fingerprint density at radius 1 is 1.22 bits per heavy atom. The van der Waals surface area contributed by atoms with Crippen molar-refractivity contribution in [3.63, 3.8) is 0 Å². The van der Waals surface area contributed by atoms with Gasteiger partial charge in [-0.15, -0.1) is 0 Å². The summed E-state index contributed by atoms with van der Waals surface area (Å²) in [6.07, 6.45) is 6.39. The third kappa shape index (κ3) is 6.50. The fraction of sp³-hybridized carbons (Fsp3) is 0.688. The van der Waals surface area contributed by atoms with Crippen LogP contribution in [0.4, 0.5) is 5.82 Å². The second-order valence-corrected chi connectivity index (χ2v) is 5.63. The van der Waals surface area contributed by atoms with Gasteiger partial charge in [0.15, 0.2) is 0 Å². The number of nitrogens with zero attached hydrogens (tertiary/aromatic N) is 3. The maximum atomic E-state index is 11.9. The average molecular weight is 321 g/mol. The second kappa shape index (κ2) is 10.1. The Morgan fingerprint density at radius 3 is 2.74 bits per heavy atom. The molecule has 1 aliphatic rings. The number of ether oxygens (including phenoxy) is 1. The van der Waals surface area contributed by atoms with Gasteiger partial charge in [-0.3, -0.25) is 9.69 Å². The number of hydrogen-bond donors (Lipinski definition) is 2. The molecular weight excluding hydrogens is 294 g/mol. The smallest absolute Gasteiger partial charge is 0.271 e. The minimum Gasteiger partial charge on any atom is -0.379 e. The summed E-state index contributed by atoms with van der Waals surface area (Å²) in [6, 6.07) is 0. The van der Waals surface area contributed by atoms with Gasteiger partial charge in [-0.2, -0.15) is 0 Å². The first kappa shape index (κ1) is 17.6. The van der Waals surface area contributed by atoms with Crippen molar-refractivity contribution in [2.45, 2.75) is 26.2 Å². The van der Waals surface area contributed by atoms with Crippen molar-refractivity contribution in [1.82, 2.24) is 20.2 Å². The highest BCUT2D eigenvalue weighted by Gasteiger charge is 2.10. The van der Waals surface area contributed by atoms with Crippen LogP contribution in [0.2, 0.25) is 0 Å². The molecule has 0 spiro atoms. The van der Waals surface area contributed by atoms with Crippen molar-refractivity contribution >= 4 is 11.7 Å². The minimum atomic E-state index is -0.159. The van der Waals surface area contributed by atoms with Crippen LogP contribution < -0.4 is 10.6 Å². The van der Waals surface area contributed by atoms with E-state index in [1.165, 1.54) is 6.20 Å². The molecule has 2 heterocycles. The van der Waals surface area contributed by atoms with Gasteiger partial charge >= 0.3 is 0 Å². The van der Waals surface area contributed by atoms with Gasteiger partial charge < -0.3 is 15.4 Å². The van der Waals surface area contributed by atoms with Crippen LogP contribution in [0, 0.1) is 0 Å². The first-order valence-corrected chi connectivity index (χ1v) is 8.44. The van der Waals surface area contributed by atoms with E-state index in [4.69, 9.17) is 4.74 Å². The summed E-state index contributed by atoms with van der Waals surface area (Å²) in [6.45, 7) is 8.15. The molecule has 0 saturated carbocycles. The SMILES string of the molecule is CCCCCNC(=O)c1cnc(NCCN2CCOCC2)cn1. The third-order valence-corrected chi connectivity index (χ3v) is 3.79. The number of morpholine rings is 1. The van der Waals surface area contributed by atoms with E-state index in [0.717, 1.165) is 58.7 Å². The van der Waals surface area contributed by atoms with E-state index in [2.05, 4.69) is 32.4 Å². The number of anilines is 1. The molecule has 2 N–H and O–H groups in total. The molecule has 7 heteroatoms. The van der Waals surface area contributed by atoms with Gasteiger partial charge in [-0.25, -0.2) is 9.97 Å². The number of carbonyl (C=O) groups is 1. The highest BCUT2D eigenvalue weighted by molar-refractivity contribution is 5.91. The zero-order chi connectivity index (χ0) is 16.3. The normalized spacial score (nSPS) is 15.3. The lowest BCUT2D eigenvalue weighted by atomic mass is 10.2. The molecule has 1 saturated heterocycles. The van der Waals surface area contributed by atoms with Gasteiger partial charge in [0.1, 0.15) is 11.5 Å². The van der Waals surface area contributed by atoms with Crippen molar-refractivity contribution in [3.8, 4) is 0 Å². The third-order valence-electron chi connectivity index (χ3n) is 3.79. The van der Waals surface area contributed by atoms with Crippen molar-refractivity contribution in [1.29, 1.82) is 0 Å². The standard InChI is InChI=1S/C16H27N5O2/c1-2-3-4-5-18-16(22)14-12-20-15(13-19-14)17-6-7-21-8-10-23-11-9-21/h12-13H,2-11H2,1H3,(H,17,20)(H,18,22). The molecule has 1 aliphatic heterocycles. The maximum Gasteiger partial charge on any atom is 0.271 e. The number of carbonyl (C=O) groups excluding carboxylic acids is 1. The number of nitrogens with one attached hydrogen (secondary N) is 2. The number of aromatic nitrogens is 2. The highest BCUT2D eigenvalue weighted by Crippen LogP contribution is 2.02. The Kier molecular flexibility index (Phi) is 7.75. The van der Waals surface area contributed by atoms with Gasteiger partial charge in [0.2, 0.25) is 0 Å². The topological polar surface area (TPSA) is 79.4 Å². The molecule has 1 amide bonds. The van der Waals surface area contributed by atoms with Crippen LogP contribution in [0.3, 0.4) is 0 Å². The first-order chi connectivity index (χ1) is 11.3. The molecule has 0 aliphatic carbocycles. The lowest BCUT2D eigenvalue weighted by Crippen LogP contribution is -2.39. The molecule has 0 aromatic carbocycles. The summed E-state index contributed by atoms with van der Waals surface area (Å²) in [5, 5.41) is 6.09. The number of hydrogen-bond acceptors (Lipinski definition) is 6. The molecular formula is C16H27N5O2. The molecule has 128 valence electrons. The number of rotatable bonds is 9. The summed E-state index contributed by atoms with van der Waals surface area (Å²) in [5.74, 6) is 0.536. The van der Waals surface area contributed by atoms with Crippen LogP contribution in [-0.2, 0) is 4.74 Å². The minimum absolute atomic E-state index is 0.159. The number of unbranched alkanes of at least 4 members (excludes halogenated alkanes) is 2. The Bertz CT molecular complexity index is 460. The van der Waals surface area contributed by atoms with Crippen LogP contribution in [0.5, 0.6) is 0 Å². The largest absolute Gasteiger partial charge is 0.379 e. The fourth-order valence-electron chi connectivity index (χ4n) is 2.37. The molecule has 0 radical (unpaired) electrons. The monoisotopic (exact) mass is 321 g/mol. The van der Waals surface area contributed by atoms with E-state index in [9.17, 15) is 4.79 Å². The average Bonchev–Trinajstić information content (AvgIpc) is 2.60. The van der Waals surface area contributed by atoms with E-state index in [1.54, 1.807) is 6.20 Å². The van der Waals surface area contributed by atoms with E-state index in [1.807, 2.05) is 0 Å². The molecule has 0 unspecified atom stereocenters. The lowest BCUT2D eigenvalue weighted by Gasteiger charge is -2.26. The predicted octanol–water partition coefficient (Wildman–Crippen LogP) is 1.14. The first-order valence-electron chi connectivity index (χ1n) is 8.44. The lowest BCUT2D eigenvalue weighted by molar-refractivity contribution is 0.0398. The van der Waals surface area contributed by atoms with Crippen molar-refractivity contribution in [2.24, 2.45) is 0 Å². The molecule has 0 bridgehead atoms. The summed E-state index contributed by atoms with van der Waals surface area (Å²) >= 11 is 0. The Balaban J connectivity index is 1.67. The molecule has 7 nitrogen and oxygen atoms in total. The summed E-state index contributed by atoms with van der Waals surface area (Å²) < 4.78 is 5.32. The molecule has 2 rings (SSSR count). The summed E-state index contributed by atoms with van der Waals surface area (Å²) in [5.41, 5.74) is 0.361. The summed E-state index contributed by atoms with van der Waals surface area (Å²) in [4.78, 5) is 22.7. The van der Waals surface area contributed by atoms with E-state index in [0.29, 0.717) is 18.1 Å². The quantitative estimate of drug-likeness (QED) is 0.664. The van der Waals surface area contributed by atoms with Gasteiger partial charge in [0.05, 0.1) is 25.6 Å². The molecule has 1 fully saturated rings. The zero-order valence-electron chi connectivity index (χ0n) is 13.9. The van der Waals surface area contributed by atoms with Crippen molar-refractivity contribution in [2.75, 3.05) is 51.3 Å². The van der Waals surface area contributed by atoms with Crippen LogP contribution >= 0.6 is 0 Å².